The van der Waals surface area contributed by atoms with Gasteiger partial charge in [0.25, 0.3) is 5.91 Å². The van der Waals surface area contributed by atoms with Gasteiger partial charge >= 0.3 is 0 Å². The zero-order valence-corrected chi connectivity index (χ0v) is 17.3. The van der Waals surface area contributed by atoms with E-state index in [1.165, 1.54) is 25.3 Å². The summed E-state index contributed by atoms with van der Waals surface area (Å²) in [6.45, 7) is 3.34. The van der Waals surface area contributed by atoms with Crippen LogP contribution in [0.1, 0.15) is 22.3 Å². The van der Waals surface area contributed by atoms with Crippen molar-refractivity contribution in [1.29, 1.82) is 5.26 Å². The average Bonchev–Trinajstić information content (AvgIpc) is 2.78. The molecule has 2 aliphatic rings. The minimum atomic E-state index is -0.605. The Kier molecular flexibility index (Phi) is 6.18. The van der Waals surface area contributed by atoms with Gasteiger partial charge in [-0.05, 0) is 42.5 Å². The second-order valence-corrected chi connectivity index (χ2v) is 7.91. The summed E-state index contributed by atoms with van der Waals surface area (Å²) < 4.78 is 30.9. The molecule has 31 heavy (non-hydrogen) atoms. The molecule has 0 aromatic heterocycles. The number of ether oxygens (including phenoxy) is 3. The maximum Gasteiger partial charge on any atom is 0.258 e. The van der Waals surface area contributed by atoms with Gasteiger partial charge in [-0.2, -0.15) is 5.26 Å². The maximum atomic E-state index is 14.2. The smallest absolute Gasteiger partial charge is 0.258 e. The highest BCUT2D eigenvalue weighted by molar-refractivity contribution is 6.06. The summed E-state index contributed by atoms with van der Waals surface area (Å²) >= 11 is 0. The predicted molar refractivity (Wildman–Crippen MR) is 111 cm³/mol. The van der Waals surface area contributed by atoms with Crippen LogP contribution < -0.4 is 15.0 Å². The van der Waals surface area contributed by atoms with Crippen LogP contribution in [0.3, 0.4) is 0 Å². The van der Waals surface area contributed by atoms with E-state index in [0.717, 1.165) is 13.1 Å². The number of benzene rings is 2. The Bertz CT molecular complexity index is 975. The van der Waals surface area contributed by atoms with E-state index in [4.69, 9.17) is 19.5 Å². The van der Waals surface area contributed by atoms with Gasteiger partial charge in [-0.15, -0.1) is 0 Å². The lowest BCUT2D eigenvalue weighted by molar-refractivity contribution is -0.239. The summed E-state index contributed by atoms with van der Waals surface area (Å²) in [6.07, 6.45) is 0.0564. The molecule has 0 saturated carbocycles. The molecule has 1 N–H and O–H groups in total. The van der Waals surface area contributed by atoms with Gasteiger partial charge in [0.2, 0.25) is 0 Å². The summed E-state index contributed by atoms with van der Waals surface area (Å²) in [5, 5.41) is 12.3. The lowest BCUT2D eigenvalue weighted by Gasteiger charge is -2.46. The molecule has 2 heterocycles. The SMILES string of the molecule is COc1ccc(C(=O)N(CCC2OCC3(CNC3)CO2)c2ccc(C#N)cc2)cc1F. The van der Waals surface area contributed by atoms with Crippen molar-refractivity contribution >= 4 is 11.6 Å². The molecule has 2 aliphatic heterocycles. The Balaban J connectivity index is 1.50. The molecule has 1 amide bonds. The van der Waals surface area contributed by atoms with Crippen LogP contribution in [-0.2, 0) is 9.47 Å². The van der Waals surface area contributed by atoms with E-state index in [1.54, 1.807) is 29.2 Å². The van der Waals surface area contributed by atoms with Crippen LogP contribution in [0.25, 0.3) is 0 Å². The first kappa shape index (κ1) is 21.2. The van der Waals surface area contributed by atoms with Gasteiger partial charge in [-0.25, -0.2) is 4.39 Å². The number of methoxy groups -OCH3 is 1. The van der Waals surface area contributed by atoms with E-state index in [0.29, 0.717) is 37.4 Å². The van der Waals surface area contributed by atoms with Crippen molar-refractivity contribution in [2.45, 2.75) is 12.7 Å². The van der Waals surface area contributed by atoms with Gasteiger partial charge in [0, 0.05) is 42.7 Å². The third-order valence-electron chi connectivity index (χ3n) is 5.69. The van der Waals surface area contributed by atoms with Gasteiger partial charge in [0.15, 0.2) is 17.9 Å². The van der Waals surface area contributed by atoms with E-state index in [9.17, 15) is 9.18 Å². The molecule has 4 rings (SSSR count). The topological polar surface area (TPSA) is 83.8 Å². The van der Waals surface area contributed by atoms with Crippen LogP contribution >= 0.6 is 0 Å². The number of halogens is 1. The molecular formula is C23H24FN3O4. The van der Waals surface area contributed by atoms with Crippen LogP contribution in [0.5, 0.6) is 5.75 Å². The van der Waals surface area contributed by atoms with Crippen molar-refractivity contribution in [3.63, 3.8) is 0 Å². The fraction of sp³-hybridized carbons (Fsp3) is 0.391. The van der Waals surface area contributed by atoms with Gasteiger partial charge in [-0.1, -0.05) is 0 Å². The first-order chi connectivity index (χ1) is 15.0. The van der Waals surface area contributed by atoms with Crippen molar-refractivity contribution in [2.24, 2.45) is 5.41 Å². The monoisotopic (exact) mass is 425 g/mol. The molecule has 0 atom stereocenters. The number of nitrogens with zero attached hydrogens (tertiary/aromatic N) is 2. The number of nitrogens with one attached hydrogen (secondary N) is 1. The molecule has 0 bridgehead atoms. The van der Waals surface area contributed by atoms with Crippen LogP contribution in [0.2, 0.25) is 0 Å². The number of nitriles is 1. The van der Waals surface area contributed by atoms with Crippen LogP contribution in [0.4, 0.5) is 10.1 Å². The van der Waals surface area contributed by atoms with E-state index in [-0.39, 0.29) is 22.6 Å². The summed E-state index contributed by atoms with van der Waals surface area (Å²) in [4.78, 5) is 14.8. The minimum Gasteiger partial charge on any atom is -0.494 e. The number of anilines is 1. The van der Waals surface area contributed by atoms with Gasteiger partial charge in [-0.3, -0.25) is 4.79 Å². The Hall–Kier alpha value is -2.99. The average molecular weight is 425 g/mol. The molecule has 162 valence electrons. The quantitative estimate of drug-likeness (QED) is 0.766. The maximum absolute atomic E-state index is 14.2. The summed E-state index contributed by atoms with van der Waals surface area (Å²) in [7, 11) is 1.37. The predicted octanol–water partition coefficient (Wildman–Crippen LogP) is 2.71. The molecule has 2 aromatic carbocycles. The molecule has 1 spiro atoms. The summed E-state index contributed by atoms with van der Waals surface area (Å²) in [5.41, 5.74) is 1.37. The molecule has 2 fully saturated rings. The fourth-order valence-corrected chi connectivity index (χ4v) is 3.73. The third kappa shape index (κ3) is 4.54. The molecule has 0 unspecified atom stereocenters. The molecule has 2 aromatic rings. The number of hydrogen-bond donors (Lipinski definition) is 1. The number of rotatable bonds is 6. The Labute approximate surface area is 180 Å². The third-order valence-corrected chi connectivity index (χ3v) is 5.69. The number of carbonyl (C=O) groups excluding carboxylic acids is 1. The summed E-state index contributed by atoms with van der Waals surface area (Å²) in [5.74, 6) is -0.891. The van der Waals surface area contributed by atoms with E-state index in [2.05, 4.69) is 11.4 Å². The lowest BCUT2D eigenvalue weighted by Crippen LogP contribution is -2.61. The zero-order chi connectivity index (χ0) is 21.8. The normalized spacial score (nSPS) is 17.6. The van der Waals surface area contributed by atoms with Crippen molar-refractivity contribution in [1.82, 2.24) is 5.32 Å². The van der Waals surface area contributed by atoms with Gasteiger partial charge < -0.3 is 24.4 Å². The lowest BCUT2D eigenvalue weighted by atomic mass is 9.83. The second kappa shape index (κ2) is 9.02. The molecule has 0 aliphatic carbocycles. The van der Waals surface area contributed by atoms with Gasteiger partial charge in [0.1, 0.15) is 0 Å². The number of carbonyl (C=O) groups is 1. The highest BCUT2D eigenvalue weighted by atomic mass is 19.1. The number of hydrogen-bond acceptors (Lipinski definition) is 6. The fourth-order valence-electron chi connectivity index (χ4n) is 3.73. The van der Waals surface area contributed by atoms with Crippen molar-refractivity contribution in [3.05, 3.63) is 59.4 Å². The minimum absolute atomic E-state index is 0.0692. The van der Waals surface area contributed by atoms with Crippen LogP contribution in [0.15, 0.2) is 42.5 Å². The second-order valence-electron chi connectivity index (χ2n) is 7.91. The molecule has 8 heteroatoms. The zero-order valence-electron chi connectivity index (χ0n) is 17.3. The molecule has 7 nitrogen and oxygen atoms in total. The largest absolute Gasteiger partial charge is 0.494 e. The van der Waals surface area contributed by atoms with Crippen LogP contribution in [0, 0.1) is 22.6 Å². The van der Waals surface area contributed by atoms with E-state index < -0.39 is 12.1 Å². The van der Waals surface area contributed by atoms with Gasteiger partial charge in [0.05, 0.1) is 32.0 Å². The van der Waals surface area contributed by atoms with Crippen molar-refractivity contribution < 1.29 is 23.4 Å². The van der Waals surface area contributed by atoms with E-state index in [1.807, 2.05) is 0 Å². The Morgan fingerprint density at radius 1 is 1.26 bits per heavy atom. The Morgan fingerprint density at radius 3 is 2.52 bits per heavy atom. The summed E-state index contributed by atoms with van der Waals surface area (Å²) in [6, 6.07) is 12.9. The highest BCUT2D eigenvalue weighted by Crippen LogP contribution is 2.30. The molecule has 2 saturated heterocycles. The van der Waals surface area contributed by atoms with Crippen molar-refractivity contribution in [2.75, 3.05) is 44.9 Å². The molecular weight excluding hydrogens is 401 g/mol. The van der Waals surface area contributed by atoms with E-state index >= 15 is 0 Å². The molecule has 0 radical (unpaired) electrons. The van der Waals surface area contributed by atoms with Crippen molar-refractivity contribution in [3.8, 4) is 11.8 Å². The first-order valence-corrected chi connectivity index (χ1v) is 10.1. The van der Waals surface area contributed by atoms with Crippen LogP contribution in [-0.4, -0.2) is 52.2 Å². The first-order valence-electron chi connectivity index (χ1n) is 10.1. The Morgan fingerprint density at radius 2 is 1.97 bits per heavy atom. The number of amides is 1. The standard InChI is InChI=1S/C23H24FN3O4/c1-29-20-7-4-17(10-19(20)24)22(28)27(18-5-2-16(11-25)3-6-18)9-8-21-30-14-23(15-31-21)12-26-13-23/h2-7,10,21,26H,8-9,12-15H2,1H3. The highest BCUT2D eigenvalue weighted by Gasteiger charge is 2.42.